The predicted octanol–water partition coefficient (Wildman–Crippen LogP) is 2.51. The first kappa shape index (κ1) is 11.5. The summed E-state index contributed by atoms with van der Waals surface area (Å²) in [6, 6.07) is 0. The summed E-state index contributed by atoms with van der Waals surface area (Å²) in [7, 11) is 0. The van der Waals surface area contributed by atoms with Crippen LogP contribution in [-0.4, -0.2) is 26.7 Å². The Morgan fingerprint density at radius 2 is 2.24 bits per heavy atom. The second-order valence-electron chi connectivity index (χ2n) is 5.23. The number of aromatic nitrogens is 3. The van der Waals surface area contributed by atoms with Crippen molar-refractivity contribution in [1.82, 2.24) is 15.0 Å². The monoisotopic (exact) mass is 255 g/mol. The van der Waals surface area contributed by atoms with Gasteiger partial charge in [-0.05, 0) is 25.7 Å². The van der Waals surface area contributed by atoms with E-state index in [0.29, 0.717) is 12.0 Å². The standard InChI is InChI=1S/C12H18ClN3O/c13-7-10-8-16(15-14-10)9-11-3-6-12(17-11)4-1-2-5-12/h8,11H,1-7,9H2. The van der Waals surface area contributed by atoms with Crippen molar-refractivity contribution in [2.24, 2.45) is 0 Å². The number of rotatable bonds is 3. The lowest BCUT2D eigenvalue weighted by Crippen LogP contribution is -2.26. The van der Waals surface area contributed by atoms with Gasteiger partial charge < -0.3 is 4.74 Å². The molecule has 1 saturated carbocycles. The molecule has 94 valence electrons. The van der Waals surface area contributed by atoms with E-state index in [9.17, 15) is 0 Å². The van der Waals surface area contributed by atoms with Crippen LogP contribution in [0.15, 0.2) is 6.20 Å². The van der Waals surface area contributed by atoms with E-state index < -0.39 is 0 Å². The van der Waals surface area contributed by atoms with Gasteiger partial charge in [-0.3, -0.25) is 0 Å². The van der Waals surface area contributed by atoms with Gasteiger partial charge >= 0.3 is 0 Å². The van der Waals surface area contributed by atoms with E-state index >= 15 is 0 Å². The van der Waals surface area contributed by atoms with E-state index in [1.165, 1.54) is 32.1 Å². The summed E-state index contributed by atoms with van der Waals surface area (Å²) in [4.78, 5) is 0. The highest BCUT2D eigenvalue weighted by Crippen LogP contribution is 2.43. The van der Waals surface area contributed by atoms with Crippen LogP contribution in [0.4, 0.5) is 0 Å². The zero-order valence-electron chi connectivity index (χ0n) is 9.94. The highest BCUT2D eigenvalue weighted by atomic mass is 35.5. The summed E-state index contributed by atoms with van der Waals surface area (Å²) in [6.07, 6.45) is 9.72. The minimum absolute atomic E-state index is 0.209. The van der Waals surface area contributed by atoms with Gasteiger partial charge in [0.05, 0.1) is 29.8 Å². The Balaban J connectivity index is 1.59. The summed E-state index contributed by atoms with van der Waals surface area (Å²) >= 11 is 5.71. The smallest absolute Gasteiger partial charge is 0.0974 e. The summed E-state index contributed by atoms with van der Waals surface area (Å²) in [6.45, 7) is 0.811. The second-order valence-corrected chi connectivity index (χ2v) is 5.50. The Kier molecular flexibility index (Phi) is 3.09. The Hall–Kier alpha value is -0.610. The molecule has 4 nitrogen and oxygen atoms in total. The molecule has 1 aliphatic heterocycles. The van der Waals surface area contributed by atoms with Crippen molar-refractivity contribution in [2.45, 2.75) is 62.7 Å². The van der Waals surface area contributed by atoms with Gasteiger partial charge in [0.15, 0.2) is 0 Å². The molecule has 3 rings (SSSR count). The fourth-order valence-corrected chi connectivity index (χ4v) is 3.23. The largest absolute Gasteiger partial charge is 0.370 e. The molecular formula is C12H18ClN3O. The molecule has 0 aromatic carbocycles. The van der Waals surface area contributed by atoms with E-state index in [0.717, 1.165) is 18.7 Å². The van der Waals surface area contributed by atoms with Gasteiger partial charge in [-0.2, -0.15) is 0 Å². The lowest BCUT2D eigenvalue weighted by atomic mass is 9.98. The van der Waals surface area contributed by atoms with Crippen molar-refractivity contribution in [3.8, 4) is 0 Å². The molecule has 2 fully saturated rings. The van der Waals surface area contributed by atoms with Crippen molar-refractivity contribution in [3.63, 3.8) is 0 Å². The molecule has 1 aromatic rings. The van der Waals surface area contributed by atoms with Crippen molar-refractivity contribution >= 4 is 11.6 Å². The molecule has 1 unspecified atom stereocenters. The van der Waals surface area contributed by atoms with Crippen LogP contribution >= 0.6 is 11.6 Å². The average molecular weight is 256 g/mol. The molecule has 0 bridgehead atoms. The number of nitrogens with zero attached hydrogens (tertiary/aromatic N) is 3. The lowest BCUT2D eigenvalue weighted by molar-refractivity contribution is -0.0430. The molecule has 0 radical (unpaired) electrons. The highest BCUT2D eigenvalue weighted by molar-refractivity contribution is 6.16. The third-order valence-electron chi connectivity index (χ3n) is 3.97. The third kappa shape index (κ3) is 2.33. The Labute approximate surface area is 106 Å². The molecule has 2 aliphatic rings. The second kappa shape index (κ2) is 4.58. The minimum Gasteiger partial charge on any atom is -0.370 e. The summed E-state index contributed by atoms with van der Waals surface area (Å²) in [5, 5.41) is 8.06. The average Bonchev–Trinajstić information content (AvgIpc) is 3.03. The van der Waals surface area contributed by atoms with Crippen LogP contribution in [-0.2, 0) is 17.2 Å². The Bertz CT molecular complexity index is 387. The molecule has 1 spiro atoms. The maximum atomic E-state index is 6.24. The van der Waals surface area contributed by atoms with Crippen LogP contribution in [0.3, 0.4) is 0 Å². The fourth-order valence-electron chi connectivity index (χ4n) is 3.11. The van der Waals surface area contributed by atoms with E-state index in [2.05, 4.69) is 10.3 Å². The van der Waals surface area contributed by atoms with Gasteiger partial charge in [0, 0.05) is 6.20 Å². The molecule has 0 N–H and O–H groups in total. The van der Waals surface area contributed by atoms with Crippen LogP contribution in [0, 0.1) is 0 Å². The lowest BCUT2D eigenvalue weighted by Gasteiger charge is -2.23. The van der Waals surface area contributed by atoms with Gasteiger partial charge in [0.25, 0.3) is 0 Å². The zero-order chi connectivity index (χ0) is 11.7. The third-order valence-corrected chi connectivity index (χ3v) is 4.24. The first-order chi connectivity index (χ1) is 8.30. The molecule has 17 heavy (non-hydrogen) atoms. The van der Waals surface area contributed by atoms with Gasteiger partial charge in [0.1, 0.15) is 0 Å². The van der Waals surface area contributed by atoms with Crippen molar-refractivity contribution in [1.29, 1.82) is 0 Å². The van der Waals surface area contributed by atoms with E-state index in [1.54, 1.807) is 0 Å². The summed E-state index contributed by atoms with van der Waals surface area (Å²) in [5.41, 5.74) is 1.04. The molecule has 0 amide bonds. The molecule has 1 saturated heterocycles. The van der Waals surface area contributed by atoms with Gasteiger partial charge in [-0.1, -0.05) is 18.1 Å². The number of alkyl halides is 1. The quantitative estimate of drug-likeness (QED) is 0.780. The molecule has 2 heterocycles. The highest BCUT2D eigenvalue weighted by Gasteiger charge is 2.42. The molecule has 1 aromatic heterocycles. The zero-order valence-corrected chi connectivity index (χ0v) is 10.7. The van der Waals surface area contributed by atoms with Crippen molar-refractivity contribution < 1.29 is 4.74 Å². The van der Waals surface area contributed by atoms with Gasteiger partial charge in [-0.25, -0.2) is 4.68 Å². The predicted molar refractivity (Wildman–Crippen MR) is 64.9 cm³/mol. The molecular weight excluding hydrogens is 238 g/mol. The van der Waals surface area contributed by atoms with Gasteiger partial charge in [0.2, 0.25) is 0 Å². The van der Waals surface area contributed by atoms with Crippen LogP contribution in [0.2, 0.25) is 0 Å². The van der Waals surface area contributed by atoms with Crippen LogP contribution in [0.5, 0.6) is 0 Å². The number of hydrogen-bond donors (Lipinski definition) is 0. The van der Waals surface area contributed by atoms with Crippen LogP contribution < -0.4 is 0 Å². The number of ether oxygens (including phenoxy) is 1. The molecule has 1 atom stereocenters. The van der Waals surface area contributed by atoms with Crippen molar-refractivity contribution in [2.75, 3.05) is 0 Å². The van der Waals surface area contributed by atoms with E-state index in [4.69, 9.17) is 16.3 Å². The Morgan fingerprint density at radius 3 is 2.94 bits per heavy atom. The first-order valence-electron chi connectivity index (χ1n) is 6.42. The van der Waals surface area contributed by atoms with Crippen molar-refractivity contribution in [3.05, 3.63) is 11.9 Å². The van der Waals surface area contributed by atoms with E-state index in [1.807, 2.05) is 10.9 Å². The maximum absolute atomic E-state index is 6.24. The van der Waals surface area contributed by atoms with Crippen LogP contribution in [0.25, 0.3) is 0 Å². The maximum Gasteiger partial charge on any atom is 0.0974 e. The van der Waals surface area contributed by atoms with Gasteiger partial charge in [-0.15, -0.1) is 16.7 Å². The SMILES string of the molecule is ClCc1cn(CC2CCC3(CCCC3)O2)nn1. The summed E-state index contributed by atoms with van der Waals surface area (Å²) < 4.78 is 8.09. The minimum atomic E-state index is 0.209. The number of hydrogen-bond acceptors (Lipinski definition) is 3. The molecule has 1 aliphatic carbocycles. The van der Waals surface area contributed by atoms with E-state index in [-0.39, 0.29) is 5.60 Å². The first-order valence-corrected chi connectivity index (χ1v) is 6.96. The number of halogens is 1. The van der Waals surface area contributed by atoms with Crippen LogP contribution in [0.1, 0.15) is 44.2 Å². The normalized spacial score (nSPS) is 27.0. The molecule has 5 heteroatoms. The topological polar surface area (TPSA) is 39.9 Å². The Morgan fingerprint density at radius 1 is 1.41 bits per heavy atom. The summed E-state index contributed by atoms with van der Waals surface area (Å²) in [5.74, 6) is 0.426. The fraction of sp³-hybridized carbons (Fsp3) is 0.833.